The molecule has 1 aromatic carbocycles. The minimum Gasteiger partial charge on any atom is -0.508 e. The number of aliphatic carboxylic acids is 1. The molecule has 0 amide bonds. The molecule has 0 bridgehead atoms. The van der Waals surface area contributed by atoms with Crippen molar-refractivity contribution in [1.29, 1.82) is 0 Å². The molecule has 1 aromatic rings. The lowest BCUT2D eigenvalue weighted by molar-refractivity contribution is -0.148. The van der Waals surface area contributed by atoms with Crippen molar-refractivity contribution >= 4 is 5.97 Å². The van der Waals surface area contributed by atoms with Crippen LogP contribution < -0.4 is 0 Å². The average molecular weight is 279 g/mol. The van der Waals surface area contributed by atoms with Gasteiger partial charge >= 0.3 is 5.97 Å². The van der Waals surface area contributed by atoms with Crippen LogP contribution in [-0.2, 0) is 4.79 Å². The summed E-state index contributed by atoms with van der Waals surface area (Å²) in [7, 11) is 0. The number of aromatic hydroxyl groups is 2. The summed E-state index contributed by atoms with van der Waals surface area (Å²) in [5.74, 6) is -0.681. The molecule has 0 saturated carbocycles. The first kappa shape index (κ1) is 14.7. The van der Waals surface area contributed by atoms with Gasteiger partial charge in [-0.2, -0.15) is 0 Å². The van der Waals surface area contributed by atoms with Crippen molar-refractivity contribution < 1.29 is 20.1 Å². The Morgan fingerprint density at radius 1 is 1.45 bits per heavy atom. The van der Waals surface area contributed by atoms with Gasteiger partial charge in [-0.05, 0) is 32.4 Å². The molecule has 1 saturated heterocycles. The van der Waals surface area contributed by atoms with E-state index in [0.29, 0.717) is 31.5 Å². The molecule has 0 aliphatic carbocycles. The Morgan fingerprint density at radius 2 is 2.15 bits per heavy atom. The quantitative estimate of drug-likeness (QED) is 0.788. The second kappa shape index (κ2) is 5.32. The van der Waals surface area contributed by atoms with Crippen molar-refractivity contribution in [3.05, 3.63) is 23.8 Å². The van der Waals surface area contributed by atoms with E-state index in [1.807, 2.05) is 13.8 Å². The molecule has 1 aliphatic rings. The molecule has 2 unspecified atom stereocenters. The molecule has 2 rings (SSSR count). The van der Waals surface area contributed by atoms with Gasteiger partial charge in [0.2, 0.25) is 0 Å². The van der Waals surface area contributed by atoms with E-state index in [0.717, 1.165) is 0 Å². The van der Waals surface area contributed by atoms with Crippen LogP contribution in [-0.4, -0.2) is 39.3 Å². The summed E-state index contributed by atoms with van der Waals surface area (Å²) >= 11 is 0. The molecule has 0 spiro atoms. The third-order valence-corrected chi connectivity index (χ3v) is 4.53. The number of rotatable bonds is 4. The van der Waals surface area contributed by atoms with Crippen LogP contribution in [0.15, 0.2) is 18.2 Å². The van der Waals surface area contributed by atoms with Crippen molar-refractivity contribution in [3.63, 3.8) is 0 Å². The highest BCUT2D eigenvalue weighted by Gasteiger charge is 2.44. The topological polar surface area (TPSA) is 81.0 Å². The van der Waals surface area contributed by atoms with Crippen LogP contribution in [0.25, 0.3) is 0 Å². The van der Waals surface area contributed by atoms with E-state index in [2.05, 4.69) is 4.90 Å². The van der Waals surface area contributed by atoms with E-state index < -0.39 is 11.4 Å². The molecule has 20 heavy (non-hydrogen) atoms. The number of phenolic OH excluding ortho intramolecular Hbond substituents is 2. The standard InChI is InChI=1S/C15H21NO4/c1-3-15(14(19)20)6-7-16(9-15)10(2)12-5-4-11(17)8-13(12)18/h4-5,8,10,17-18H,3,6-7,9H2,1-2H3,(H,19,20). The highest BCUT2D eigenvalue weighted by Crippen LogP contribution is 2.40. The number of hydrogen-bond acceptors (Lipinski definition) is 4. The third-order valence-electron chi connectivity index (χ3n) is 4.53. The number of hydrogen-bond donors (Lipinski definition) is 3. The molecule has 1 heterocycles. The van der Waals surface area contributed by atoms with Gasteiger partial charge in [-0.15, -0.1) is 0 Å². The van der Waals surface area contributed by atoms with Crippen LogP contribution in [0.4, 0.5) is 0 Å². The third kappa shape index (κ3) is 2.45. The summed E-state index contributed by atoms with van der Waals surface area (Å²) in [6.45, 7) is 5.03. The number of carbonyl (C=O) groups is 1. The van der Waals surface area contributed by atoms with Gasteiger partial charge in [0.1, 0.15) is 11.5 Å². The van der Waals surface area contributed by atoms with Crippen LogP contribution >= 0.6 is 0 Å². The lowest BCUT2D eigenvalue weighted by Gasteiger charge is -2.28. The first-order valence-corrected chi connectivity index (χ1v) is 6.89. The van der Waals surface area contributed by atoms with Gasteiger partial charge < -0.3 is 15.3 Å². The summed E-state index contributed by atoms with van der Waals surface area (Å²) in [5.41, 5.74) is 0.0287. The number of likely N-dealkylation sites (tertiary alicyclic amines) is 1. The number of nitrogens with zero attached hydrogens (tertiary/aromatic N) is 1. The number of benzene rings is 1. The molecule has 1 fully saturated rings. The second-order valence-corrected chi connectivity index (χ2v) is 5.58. The van der Waals surface area contributed by atoms with Crippen molar-refractivity contribution in [1.82, 2.24) is 4.90 Å². The summed E-state index contributed by atoms with van der Waals surface area (Å²) in [5, 5.41) is 28.7. The van der Waals surface area contributed by atoms with E-state index in [-0.39, 0.29) is 17.5 Å². The molecule has 3 N–H and O–H groups in total. The molecule has 110 valence electrons. The van der Waals surface area contributed by atoms with Gasteiger partial charge in [0, 0.05) is 24.2 Å². The normalized spacial score (nSPS) is 24.7. The summed E-state index contributed by atoms with van der Waals surface area (Å²) in [6, 6.07) is 4.45. The Hall–Kier alpha value is -1.75. The molecule has 5 nitrogen and oxygen atoms in total. The van der Waals surface area contributed by atoms with Crippen LogP contribution in [0.2, 0.25) is 0 Å². The zero-order valence-corrected chi connectivity index (χ0v) is 11.8. The largest absolute Gasteiger partial charge is 0.508 e. The maximum atomic E-state index is 11.5. The molecular formula is C15H21NO4. The fourth-order valence-electron chi connectivity index (χ4n) is 2.93. The lowest BCUT2D eigenvalue weighted by atomic mass is 9.84. The monoisotopic (exact) mass is 279 g/mol. The molecular weight excluding hydrogens is 258 g/mol. The van der Waals surface area contributed by atoms with Gasteiger partial charge in [0.25, 0.3) is 0 Å². The second-order valence-electron chi connectivity index (χ2n) is 5.58. The lowest BCUT2D eigenvalue weighted by Crippen LogP contribution is -2.35. The Kier molecular flexibility index (Phi) is 3.90. The number of phenols is 2. The highest BCUT2D eigenvalue weighted by atomic mass is 16.4. The number of carboxylic acids is 1. The Morgan fingerprint density at radius 3 is 2.65 bits per heavy atom. The van der Waals surface area contributed by atoms with Crippen molar-refractivity contribution in [2.24, 2.45) is 5.41 Å². The zero-order chi connectivity index (χ0) is 14.9. The molecule has 0 radical (unpaired) electrons. The Bertz CT molecular complexity index is 517. The predicted molar refractivity (Wildman–Crippen MR) is 74.7 cm³/mol. The Balaban J connectivity index is 2.19. The Labute approximate surface area is 118 Å². The highest BCUT2D eigenvalue weighted by molar-refractivity contribution is 5.75. The van der Waals surface area contributed by atoms with E-state index in [9.17, 15) is 20.1 Å². The van der Waals surface area contributed by atoms with E-state index in [4.69, 9.17) is 0 Å². The van der Waals surface area contributed by atoms with Gasteiger partial charge in [-0.3, -0.25) is 9.69 Å². The van der Waals surface area contributed by atoms with E-state index in [1.165, 1.54) is 12.1 Å². The zero-order valence-electron chi connectivity index (χ0n) is 11.8. The van der Waals surface area contributed by atoms with E-state index in [1.54, 1.807) is 6.07 Å². The SMILES string of the molecule is CCC1(C(=O)O)CCN(C(C)c2ccc(O)cc2O)C1. The van der Waals surface area contributed by atoms with E-state index >= 15 is 0 Å². The van der Waals surface area contributed by atoms with Crippen molar-refractivity contribution in [2.45, 2.75) is 32.7 Å². The maximum absolute atomic E-state index is 11.5. The van der Waals surface area contributed by atoms with Crippen LogP contribution in [0.1, 0.15) is 38.3 Å². The average Bonchev–Trinajstić information content (AvgIpc) is 2.83. The molecule has 5 heteroatoms. The first-order valence-electron chi connectivity index (χ1n) is 6.89. The van der Waals surface area contributed by atoms with Crippen molar-refractivity contribution in [3.8, 4) is 11.5 Å². The van der Waals surface area contributed by atoms with Crippen LogP contribution in [0.5, 0.6) is 11.5 Å². The van der Waals surface area contributed by atoms with Crippen molar-refractivity contribution in [2.75, 3.05) is 13.1 Å². The number of carboxylic acid groups (broad SMARTS) is 1. The maximum Gasteiger partial charge on any atom is 0.310 e. The van der Waals surface area contributed by atoms with Gasteiger partial charge in [0.15, 0.2) is 0 Å². The fraction of sp³-hybridized carbons (Fsp3) is 0.533. The summed E-state index contributed by atoms with van der Waals surface area (Å²) in [4.78, 5) is 13.5. The van der Waals surface area contributed by atoms with Gasteiger partial charge in [0.05, 0.1) is 5.41 Å². The van der Waals surface area contributed by atoms with Gasteiger partial charge in [-0.25, -0.2) is 0 Å². The minimum atomic E-state index is -0.746. The predicted octanol–water partition coefficient (Wildman–Crippen LogP) is 2.35. The summed E-state index contributed by atoms with van der Waals surface area (Å²) in [6.07, 6.45) is 1.23. The van der Waals surface area contributed by atoms with Crippen LogP contribution in [0.3, 0.4) is 0 Å². The molecule has 2 atom stereocenters. The summed E-state index contributed by atoms with van der Waals surface area (Å²) < 4.78 is 0. The smallest absolute Gasteiger partial charge is 0.310 e. The minimum absolute atomic E-state index is 0.0216. The molecule has 0 aromatic heterocycles. The van der Waals surface area contributed by atoms with Crippen LogP contribution in [0, 0.1) is 5.41 Å². The first-order chi connectivity index (χ1) is 9.39. The fourth-order valence-corrected chi connectivity index (χ4v) is 2.93. The molecule has 1 aliphatic heterocycles. The van der Waals surface area contributed by atoms with Gasteiger partial charge in [-0.1, -0.05) is 13.0 Å².